The van der Waals surface area contributed by atoms with Crippen LogP contribution < -0.4 is 11.1 Å². The van der Waals surface area contributed by atoms with Gasteiger partial charge >= 0.3 is 0 Å². The second-order valence-corrected chi connectivity index (χ2v) is 2.60. The molecule has 1 heterocycles. The van der Waals surface area contributed by atoms with Gasteiger partial charge in [0.15, 0.2) is 0 Å². The van der Waals surface area contributed by atoms with Crippen LogP contribution in [0.3, 0.4) is 0 Å². The summed E-state index contributed by atoms with van der Waals surface area (Å²) < 4.78 is 5.07. The van der Waals surface area contributed by atoms with Crippen LogP contribution in [0.1, 0.15) is 5.76 Å². The van der Waals surface area contributed by atoms with Gasteiger partial charge in [0.05, 0.1) is 18.9 Å². The number of hydrogen-bond acceptors (Lipinski definition) is 4. The normalized spacial score (nSPS) is 13.2. The van der Waals surface area contributed by atoms with Crippen LogP contribution in [0.15, 0.2) is 22.8 Å². The van der Waals surface area contributed by atoms with Crippen LogP contribution in [0, 0.1) is 0 Å². The van der Waals surface area contributed by atoms with E-state index in [4.69, 9.17) is 15.3 Å². The molecule has 1 aromatic heterocycles. The van der Waals surface area contributed by atoms with Crippen molar-refractivity contribution in [1.29, 1.82) is 0 Å². The molecular weight excluding hydrogens is 156 g/mol. The number of furan rings is 1. The average molecular weight is 170 g/mol. The van der Waals surface area contributed by atoms with E-state index in [0.717, 1.165) is 5.76 Å². The van der Waals surface area contributed by atoms with Crippen molar-refractivity contribution in [1.82, 2.24) is 5.32 Å². The third-order valence-corrected chi connectivity index (χ3v) is 1.53. The zero-order valence-electron chi connectivity index (χ0n) is 6.86. The lowest BCUT2D eigenvalue weighted by Gasteiger charge is -2.07. The number of aliphatic hydroxyl groups excluding tert-OH is 1. The van der Waals surface area contributed by atoms with E-state index in [0.29, 0.717) is 13.1 Å². The summed E-state index contributed by atoms with van der Waals surface area (Å²) in [5, 5.41) is 12.1. The summed E-state index contributed by atoms with van der Waals surface area (Å²) in [7, 11) is 0. The van der Waals surface area contributed by atoms with Gasteiger partial charge in [-0.25, -0.2) is 0 Å². The zero-order valence-corrected chi connectivity index (χ0v) is 6.86. The molecule has 0 amide bonds. The minimum atomic E-state index is -0.472. The van der Waals surface area contributed by atoms with Gasteiger partial charge in [-0.15, -0.1) is 0 Å². The summed E-state index contributed by atoms with van der Waals surface area (Å²) in [5.74, 6) is 0.860. The first kappa shape index (κ1) is 9.25. The Bertz CT molecular complexity index is 199. The van der Waals surface area contributed by atoms with E-state index in [9.17, 15) is 0 Å². The molecule has 0 aliphatic rings. The van der Waals surface area contributed by atoms with E-state index in [2.05, 4.69) is 5.32 Å². The molecule has 0 bridgehead atoms. The average Bonchev–Trinajstić information content (AvgIpc) is 2.57. The van der Waals surface area contributed by atoms with Gasteiger partial charge in [-0.3, -0.25) is 0 Å². The summed E-state index contributed by atoms with van der Waals surface area (Å²) in [5.41, 5.74) is 5.22. The fraction of sp³-hybridized carbons (Fsp3) is 0.500. The standard InChI is InChI=1S/C8H14N2O2/c9-4-7(11)5-10-6-8-2-1-3-12-8/h1-3,7,10-11H,4-6,9H2. The van der Waals surface area contributed by atoms with Crippen LogP contribution in [0.2, 0.25) is 0 Å². The molecule has 4 heteroatoms. The van der Waals surface area contributed by atoms with Crippen molar-refractivity contribution >= 4 is 0 Å². The fourth-order valence-corrected chi connectivity index (χ4v) is 0.858. The van der Waals surface area contributed by atoms with Crippen LogP contribution in [-0.2, 0) is 6.54 Å². The largest absolute Gasteiger partial charge is 0.468 e. The second kappa shape index (κ2) is 4.92. The molecule has 0 aliphatic carbocycles. The second-order valence-electron chi connectivity index (χ2n) is 2.60. The Morgan fingerprint density at radius 3 is 3.08 bits per heavy atom. The minimum absolute atomic E-state index is 0.283. The van der Waals surface area contributed by atoms with Crippen LogP contribution in [0.4, 0.5) is 0 Å². The highest BCUT2D eigenvalue weighted by atomic mass is 16.3. The van der Waals surface area contributed by atoms with Crippen LogP contribution in [0.25, 0.3) is 0 Å². The lowest BCUT2D eigenvalue weighted by atomic mass is 10.3. The smallest absolute Gasteiger partial charge is 0.117 e. The van der Waals surface area contributed by atoms with Gasteiger partial charge in [0, 0.05) is 13.1 Å². The highest BCUT2D eigenvalue weighted by molar-refractivity contribution is 4.97. The summed E-state index contributed by atoms with van der Waals surface area (Å²) >= 11 is 0. The molecule has 12 heavy (non-hydrogen) atoms. The lowest BCUT2D eigenvalue weighted by Crippen LogP contribution is -2.32. The Morgan fingerprint density at radius 2 is 2.50 bits per heavy atom. The third kappa shape index (κ3) is 3.04. The van der Waals surface area contributed by atoms with E-state index >= 15 is 0 Å². The van der Waals surface area contributed by atoms with E-state index in [1.807, 2.05) is 12.1 Å². The van der Waals surface area contributed by atoms with Gasteiger partial charge in [-0.1, -0.05) is 0 Å². The molecule has 4 N–H and O–H groups in total. The minimum Gasteiger partial charge on any atom is -0.468 e. The van der Waals surface area contributed by atoms with Crippen molar-refractivity contribution in [2.24, 2.45) is 5.73 Å². The van der Waals surface area contributed by atoms with Crippen LogP contribution in [0.5, 0.6) is 0 Å². The molecule has 1 rings (SSSR count). The van der Waals surface area contributed by atoms with Crippen molar-refractivity contribution < 1.29 is 9.52 Å². The Hall–Kier alpha value is -0.840. The summed E-state index contributed by atoms with van der Waals surface area (Å²) in [6.45, 7) is 1.41. The number of nitrogens with one attached hydrogen (secondary N) is 1. The first-order valence-corrected chi connectivity index (χ1v) is 3.94. The summed E-state index contributed by atoms with van der Waals surface area (Å²) in [6, 6.07) is 3.71. The monoisotopic (exact) mass is 170 g/mol. The maximum Gasteiger partial charge on any atom is 0.117 e. The Labute approximate surface area is 71.4 Å². The fourth-order valence-electron chi connectivity index (χ4n) is 0.858. The van der Waals surface area contributed by atoms with E-state index in [1.165, 1.54) is 0 Å². The number of aliphatic hydroxyl groups is 1. The molecule has 0 radical (unpaired) electrons. The molecule has 0 aliphatic heterocycles. The Morgan fingerprint density at radius 1 is 1.67 bits per heavy atom. The maximum atomic E-state index is 9.07. The van der Waals surface area contributed by atoms with Crippen molar-refractivity contribution in [3.63, 3.8) is 0 Å². The summed E-state index contributed by atoms with van der Waals surface area (Å²) in [4.78, 5) is 0. The molecule has 0 fully saturated rings. The molecule has 0 spiro atoms. The van der Waals surface area contributed by atoms with Crippen molar-refractivity contribution in [3.8, 4) is 0 Å². The van der Waals surface area contributed by atoms with Gasteiger partial charge in [-0.05, 0) is 12.1 Å². The number of rotatable bonds is 5. The zero-order chi connectivity index (χ0) is 8.81. The molecular formula is C8H14N2O2. The first-order valence-electron chi connectivity index (χ1n) is 3.94. The van der Waals surface area contributed by atoms with Crippen molar-refractivity contribution in [3.05, 3.63) is 24.2 Å². The van der Waals surface area contributed by atoms with Crippen molar-refractivity contribution in [2.45, 2.75) is 12.6 Å². The summed E-state index contributed by atoms with van der Waals surface area (Å²) in [6.07, 6.45) is 1.15. The molecule has 1 atom stereocenters. The lowest BCUT2D eigenvalue weighted by molar-refractivity contribution is 0.178. The van der Waals surface area contributed by atoms with Gasteiger partial charge in [0.2, 0.25) is 0 Å². The van der Waals surface area contributed by atoms with Gasteiger partial charge in [0.25, 0.3) is 0 Å². The number of hydrogen-bond donors (Lipinski definition) is 3. The quantitative estimate of drug-likeness (QED) is 0.567. The highest BCUT2D eigenvalue weighted by Gasteiger charge is 2.00. The third-order valence-electron chi connectivity index (χ3n) is 1.53. The van der Waals surface area contributed by atoms with Crippen LogP contribution >= 0.6 is 0 Å². The number of nitrogens with two attached hydrogens (primary N) is 1. The Kier molecular flexibility index (Phi) is 3.79. The van der Waals surface area contributed by atoms with Gasteiger partial charge in [-0.2, -0.15) is 0 Å². The topological polar surface area (TPSA) is 71.4 Å². The molecule has 0 aromatic carbocycles. The highest BCUT2D eigenvalue weighted by Crippen LogP contribution is 1.97. The van der Waals surface area contributed by atoms with E-state index in [-0.39, 0.29) is 6.54 Å². The molecule has 1 aromatic rings. The first-order chi connectivity index (χ1) is 5.83. The molecule has 68 valence electrons. The van der Waals surface area contributed by atoms with Gasteiger partial charge in [0.1, 0.15) is 5.76 Å². The van der Waals surface area contributed by atoms with Crippen molar-refractivity contribution in [2.75, 3.05) is 13.1 Å². The van der Waals surface area contributed by atoms with E-state index in [1.54, 1.807) is 6.26 Å². The molecule has 4 nitrogen and oxygen atoms in total. The maximum absolute atomic E-state index is 9.07. The van der Waals surface area contributed by atoms with E-state index < -0.39 is 6.10 Å². The Balaban J connectivity index is 2.11. The van der Waals surface area contributed by atoms with Crippen LogP contribution in [-0.4, -0.2) is 24.3 Å². The molecule has 0 saturated heterocycles. The molecule has 1 unspecified atom stereocenters. The predicted octanol–water partition coefficient (Wildman–Crippen LogP) is -0.311. The molecule has 0 saturated carbocycles. The van der Waals surface area contributed by atoms with Gasteiger partial charge < -0.3 is 20.6 Å². The SMILES string of the molecule is NCC(O)CNCc1ccco1. The predicted molar refractivity (Wildman–Crippen MR) is 45.5 cm³/mol.